The van der Waals surface area contributed by atoms with E-state index in [0.29, 0.717) is 23.6 Å². The molecular formula is C23H23F3N4O2. The fourth-order valence-electron chi connectivity index (χ4n) is 3.76. The van der Waals surface area contributed by atoms with E-state index in [0.717, 1.165) is 43.6 Å². The minimum absolute atomic E-state index is 0.0559. The van der Waals surface area contributed by atoms with Gasteiger partial charge in [-0.25, -0.2) is 0 Å². The smallest absolute Gasteiger partial charge is 0.349 e. The number of piperidine rings is 1. The highest BCUT2D eigenvalue weighted by atomic mass is 19.4. The third kappa shape index (κ3) is 5.16. The third-order valence-corrected chi connectivity index (χ3v) is 5.61. The van der Waals surface area contributed by atoms with Crippen molar-refractivity contribution in [3.63, 3.8) is 0 Å². The van der Waals surface area contributed by atoms with Crippen molar-refractivity contribution >= 4 is 5.91 Å². The van der Waals surface area contributed by atoms with Gasteiger partial charge in [-0.1, -0.05) is 35.5 Å². The summed E-state index contributed by atoms with van der Waals surface area (Å²) in [6, 6.07) is 12.3. The van der Waals surface area contributed by atoms with E-state index in [1.807, 2.05) is 31.2 Å². The second-order valence-electron chi connectivity index (χ2n) is 7.93. The minimum Gasteiger partial charge on any atom is -0.349 e. The summed E-state index contributed by atoms with van der Waals surface area (Å²) in [7, 11) is 0. The molecule has 168 valence electrons. The number of rotatable bonds is 5. The minimum atomic E-state index is -4.38. The Labute approximate surface area is 183 Å². The molecule has 3 aromatic rings. The van der Waals surface area contributed by atoms with Crippen LogP contribution in [0.3, 0.4) is 0 Å². The summed E-state index contributed by atoms with van der Waals surface area (Å²) in [6.45, 7) is 3.89. The van der Waals surface area contributed by atoms with Crippen molar-refractivity contribution in [2.75, 3.05) is 13.1 Å². The van der Waals surface area contributed by atoms with Crippen molar-refractivity contribution in [2.45, 2.75) is 38.5 Å². The summed E-state index contributed by atoms with van der Waals surface area (Å²) < 4.78 is 43.4. The fourth-order valence-corrected chi connectivity index (χ4v) is 3.76. The van der Waals surface area contributed by atoms with Crippen molar-refractivity contribution in [2.24, 2.45) is 0 Å². The van der Waals surface area contributed by atoms with Gasteiger partial charge < -0.3 is 9.84 Å². The molecule has 0 unspecified atom stereocenters. The topological polar surface area (TPSA) is 71.3 Å². The van der Waals surface area contributed by atoms with Crippen LogP contribution in [0.2, 0.25) is 0 Å². The van der Waals surface area contributed by atoms with E-state index in [9.17, 15) is 18.0 Å². The van der Waals surface area contributed by atoms with E-state index in [1.54, 1.807) is 0 Å². The predicted molar refractivity (Wildman–Crippen MR) is 112 cm³/mol. The van der Waals surface area contributed by atoms with Crippen LogP contribution in [0.25, 0.3) is 11.4 Å². The molecule has 0 aliphatic carbocycles. The van der Waals surface area contributed by atoms with Gasteiger partial charge in [-0.05, 0) is 43.5 Å². The Morgan fingerprint density at radius 1 is 1.12 bits per heavy atom. The first-order chi connectivity index (χ1) is 15.3. The van der Waals surface area contributed by atoms with E-state index >= 15 is 0 Å². The van der Waals surface area contributed by atoms with E-state index in [1.165, 1.54) is 12.1 Å². The molecule has 0 bridgehead atoms. The average Bonchev–Trinajstić information content (AvgIpc) is 3.23. The van der Waals surface area contributed by atoms with Gasteiger partial charge in [0.05, 0.1) is 12.1 Å². The lowest BCUT2D eigenvalue weighted by atomic mass is 10.0. The van der Waals surface area contributed by atoms with Crippen molar-refractivity contribution in [1.82, 2.24) is 20.4 Å². The molecule has 0 spiro atoms. The molecule has 1 aliphatic rings. The van der Waals surface area contributed by atoms with Crippen LogP contribution in [0.1, 0.15) is 40.2 Å². The number of nitrogens with one attached hydrogen (secondary N) is 1. The van der Waals surface area contributed by atoms with Gasteiger partial charge in [0.15, 0.2) is 0 Å². The lowest BCUT2D eigenvalue weighted by Crippen LogP contribution is -2.44. The van der Waals surface area contributed by atoms with Gasteiger partial charge in [0, 0.05) is 30.3 Å². The molecular weight excluding hydrogens is 421 g/mol. The molecule has 1 aliphatic heterocycles. The summed E-state index contributed by atoms with van der Waals surface area (Å²) in [5.41, 5.74) is 1.38. The normalized spacial score (nSPS) is 15.6. The highest BCUT2D eigenvalue weighted by molar-refractivity contribution is 5.95. The van der Waals surface area contributed by atoms with Crippen LogP contribution in [0.4, 0.5) is 13.2 Å². The molecule has 1 amide bonds. The van der Waals surface area contributed by atoms with Crippen LogP contribution in [0.15, 0.2) is 53.1 Å². The predicted octanol–water partition coefficient (Wildman–Crippen LogP) is 4.46. The van der Waals surface area contributed by atoms with Crippen LogP contribution in [0.5, 0.6) is 0 Å². The summed E-state index contributed by atoms with van der Waals surface area (Å²) in [4.78, 5) is 19.0. The number of aryl methyl sites for hydroxylation is 1. The van der Waals surface area contributed by atoms with Gasteiger partial charge in [-0.15, -0.1) is 0 Å². The van der Waals surface area contributed by atoms with E-state index < -0.39 is 11.7 Å². The van der Waals surface area contributed by atoms with Crippen LogP contribution < -0.4 is 5.32 Å². The summed E-state index contributed by atoms with van der Waals surface area (Å²) in [5.74, 6) is 0.607. The Morgan fingerprint density at radius 3 is 2.47 bits per heavy atom. The maximum atomic E-state index is 12.7. The van der Waals surface area contributed by atoms with E-state index in [2.05, 4.69) is 20.4 Å². The summed E-state index contributed by atoms with van der Waals surface area (Å²) >= 11 is 0. The molecule has 2 aromatic carbocycles. The first kappa shape index (κ1) is 22.0. The number of aromatic nitrogens is 2. The highest BCUT2D eigenvalue weighted by Gasteiger charge is 2.30. The van der Waals surface area contributed by atoms with Crippen molar-refractivity contribution in [3.05, 3.63) is 71.1 Å². The van der Waals surface area contributed by atoms with E-state index in [4.69, 9.17) is 4.52 Å². The fraction of sp³-hybridized carbons (Fsp3) is 0.348. The monoisotopic (exact) mass is 444 g/mol. The molecule has 6 nitrogen and oxygen atoms in total. The molecule has 9 heteroatoms. The number of alkyl halides is 3. The van der Waals surface area contributed by atoms with Gasteiger partial charge in [-0.2, -0.15) is 18.2 Å². The zero-order chi connectivity index (χ0) is 22.7. The third-order valence-electron chi connectivity index (χ3n) is 5.61. The number of benzene rings is 2. The lowest BCUT2D eigenvalue weighted by Gasteiger charge is -2.31. The Balaban J connectivity index is 1.29. The first-order valence-electron chi connectivity index (χ1n) is 10.4. The molecule has 4 rings (SSSR count). The number of hydrogen-bond acceptors (Lipinski definition) is 5. The maximum Gasteiger partial charge on any atom is 0.416 e. The quantitative estimate of drug-likeness (QED) is 0.629. The Kier molecular flexibility index (Phi) is 6.27. The number of carbonyl (C=O) groups excluding carboxylic acids is 1. The van der Waals surface area contributed by atoms with E-state index in [-0.39, 0.29) is 17.8 Å². The molecule has 32 heavy (non-hydrogen) atoms. The SMILES string of the molecule is Cc1ccccc1C(=O)NC1CCN(Cc2nc(-c3ccc(C(F)(F)F)cc3)no2)CC1. The second-order valence-corrected chi connectivity index (χ2v) is 7.93. The number of carbonyl (C=O) groups is 1. The number of halogens is 3. The first-order valence-corrected chi connectivity index (χ1v) is 10.4. The molecule has 0 atom stereocenters. The van der Waals surface area contributed by atoms with Crippen LogP contribution in [-0.4, -0.2) is 40.1 Å². The van der Waals surface area contributed by atoms with Crippen LogP contribution in [0, 0.1) is 6.92 Å². The standard InChI is InChI=1S/C23H23F3N4O2/c1-15-4-2-3-5-19(15)22(31)27-18-10-12-30(13-11-18)14-20-28-21(29-32-20)16-6-8-17(9-7-16)23(24,25)26/h2-9,18H,10-14H2,1H3,(H,27,31). The Hall–Kier alpha value is -3.20. The summed E-state index contributed by atoms with van der Waals surface area (Å²) in [5, 5.41) is 6.99. The molecule has 1 fully saturated rings. The maximum absolute atomic E-state index is 12.7. The van der Waals surface area contributed by atoms with Gasteiger partial charge in [0.1, 0.15) is 0 Å². The zero-order valence-electron chi connectivity index (χ0n) is 17.5. The molecule has 1 aromatic heterocycles. The average molecular weight is 444 g/mol. The molecule has 2 heterocycles. The number of likely N-dealkylation sites (tertiary alicyclic amines) is 1. The second kappa shape index (κ2) is 9.12. The van der Waals surface area contributed by atoms with Crippen LogP contribution >= 0.6 is 0 Å². The van der Waals surface area contributed by atoms with Gasteiger partial charge in [0.2, 0.25) is 11.7 Å². The van der Waals surface area contributed by atoms with Gasteiger partial charge in [0.25, 0.3) is 5.91 Å². The molecule has 1 saturated heterocycles. The summed E-state index contributed by atoms with van der Waals surface area (Å²) in [6.07, 6.45) is -2.78. The zero-order valence-corrected chi connectivity index (χ0v) is 17.5. The molecule has 0 saturated carbocycles. The Bertz CT molecular complexity index is 1070. The van der Waals surface area contributed by atoms with Gasteiger partial charge in [-0.3, -0.25) is 9.69 Å². The molecule has 1 N–H and O–H groups in total. The number of amides is 1. The Morgan fingerprint density at radius 2 is 1.81 bits per heavy atom. The highest BCUT2D eigenvalue weighted by Crippen LogP contribution is 2.30. The van der Waals surface area contributed by atoms with Crippen molar-refractivity contribution in [1.29, 1.82) is 0 Å². The molecule has 0 radical (unpaired) electrons. The largest absolute Gasteiger partial charge is 0.416 e. The number of hydrogen-bond donors (Lipinski definition) is 1. The number of nitrogens with zero attached hydrogens (tertiary/aromatic N) is 3. The van der Waals surface area contributed by atoms with Gasteiger partial charge >= 0.3 is 6.18 Å². The van der Waals surface area contributed by atoms with Crippen molar-refractivity contribution in [3.8, 4) is 11.4 Å². The van der Waals surface area contributed by atoms with Crippen LogP contribution in [-0.2, 0) is 12.7 Å². The lowest BCUT2D eigenvalue weighted by molar-refractivity contribution is -0.137. The van der Waals surface area contributed by atoms with Crippen molar-refractivity contribution < 1.29 is 22.5 Å².